The first kappa shape index (κ1) is 15.2. The Balaban J connectivity index is 2.04. The minimum Gasteiger partial charge on any atom is -0.495 e. The predicted octanol–water partition coefficient (Wildman–Crippen LogP) is 3.27. The van der Waals surface area contributed by atoms with Crippen molar-refractivity contribution in [3.63, 3.8) is 0 Å². The molecule has 1 saturated heterocycles. The quantitative estimate of drug-likeness (QED) is 0.914. The molecular formula is C15H21BrN2O2. The van der Waals surface area contributed by atoms with Gasteiger partial charge in [0.1, 0.15) is 11.8 Å². The third-order valence-corrected chi connectivity index (χ3v) is 4.06. The number of carbonyl (C=O) groups excluding carboxylic acids is 1. The van der Waals surface area contributed by atoms with Gasteiger partial charge in [-0.3, -0.25) is 4.79 Å². The van der Waals surface area contributed by atoms with Gasteiger partial charge in [-0.1, -0.05) is 15.9 Å². The fraction of sp³-hybridized carbons (Fsp3) is 0.533. The fourth-order valence-corrected chi connectivity index (χ4v) is 2.84. The molecule has 1 N–H and O–H groups in total. The molecule has 0 radical (unpaired) electrons. The van der Waals surface area contributed by atoms with E-state index in [2.05, 4.69) is 21.2 Å². The molecule has 1 aliphatic rings. The minimum absolute atomic E-state index is 0.159. The van der Waals surface area contributed by atoms with E-state index in [1.54, 1.807) is 7.11 Å². The van der Waals surface area contributed by atoms with Crippen molar-refractivity contribution in [2.45, 2.75) is 32.2 Å². The Morgan fingerprint density at radius 1 is 1.35 bits per heavy atom. The number of halogens is 1. The number of likely N-dealkylation sites (tertiary alicyclic amines) is 1. The Bertz CT molecular complexity index is 473. The SMILES string of the molecule is COc1ccc(Br)cc1NC(C)C(=O)N1CCCCC1. The van der Waals surface area contributed by atoms with Crippen molar-refractivity contribution >= 4 is 27.5 Å². The van der Waals surface area contributed by atoms with E-state index in [4.69, 9.17) is 4.74 Å². The van der Waals surface area contributed by atoms with Crippen LogP contribution in [0.4, 0.5) is 5.69 Å². The summed E-state index contributed by atoms with van der Waals surface area (Å²) in [5, 5.41) is 3.25. The van der Waals surface area contributed by atoms with Gasteiger partial charge in [-0.25, -0.2) is 0 Å². The number of amides is 1. The Morgan fingerprint density at radius 2 is 2.05 bits per heavy atom. The van der Waals surface area contributed by atoms with E-state index in [1.165, 1.54) is 6.42 Å². The lowest BCUT2D eigenvalue weighted by atomic mass is 10.1. The summed E-state index contributed by atoms with van der Waals surface area (Å²) in [4.78, 5) is 14.3. The fourth-order valence-electron chi connectivity index (χ4n) is 2.48. The lowest BCUT2D eigenvalue weighted by molar-refractivity contribution is -0.132. The maximum atomic E-state index is 12.4. The van der Waals surface area contributed by atoms with Gasteiger partial charge in [0.2, 0.25) is 5.91 Å². The summed E-state index contributed by atoms with van der Waals surface area (Å²) in [6, 6.07) is 5.47. The van der Waals surface area contributed by atoms with Crippen molar-refractivity contribution in [1.29, 1.82) is 0 Å². The molecule has 0 saturated carbocycles. The van der Waals surface area contributed by atoms with Crippen LogP contribution in [0.15, 0.2) is 22.7 Å². The molecule has 0 aliphatic carbocycles. The van der Waals surface area contributed by atoms with E-state index in [0.29, 0.717) is 0 Å². The maximum absolute atomic E-state index is 12.4. The van der Waals surface area contributed by atoms with Crippen molar-refractivity contribution in [1.82, 2.24) is 4.90 Å². The van der Waals surface area contributed by atoms with Crippen LogP contribution in [-0.2, 0) is 4.79 Å². The Kier molecular flexibility index (Phi) is 5.29. The highest BCUT2D eigenvalue weighted by Gasteiger charge is 2.22. The summed E-state index contributed by atoms with van der Waals surface area (Å²) < 4.78 is 6.28. The number of hydrogen-bond donors (Lipinski definition) is 1. The van der Waals surface area contributed by atoms with Crippen LogP contribution < -0.4 is 10.1 Å². The number of carbonyl (C=O) groups is 1. The van der Waals surface area contributed by atoms with Gasteiger partial charge in [0.25, 0.3) is 0 Å². The largest absolute Gasteiger partial charge is 0.495 e. The molecule has 20 heavy (non-hydrogen) atoms. The van der Waals surface area contributed by atoms with Gasteiger partial charge >= 0.3 is 0 Å². The average molecular weight is 341 g/mol. The Labute approximate surface area is 128 Å². The molecule has 1 unspecified atom stereocenters. The monoisotopic (exact) mass is 340 g/mol. The van der Waals surface area contributed by atoms with E-state index < -0.39 is 0 Å². The van der Waals surface area contributed by atoms with E-state index in [0.717, 1.165) is 41.8 Å². The van der Waals surface area contributed by atoms with E-state index >= 15 is 0 Å². The second-order valence-corrected chi connectivity index (χ2v) is 6.01. The summed E-state index contributed by atoms with van der Waals surface area (Å²) in [7, 11) is 1.63. The first-order valence-electron chi connectivity index (χ1n) is 7.00. The number of anilines is 1. The second kappa shape index (κ2) is 6.97. The van der Waals surface area contributed by atoms with Crippen LogP contribution >= 0.6 is 15.9 Å². The van der Waals surface area contributed by atoms with Crippen molar-refractivity contribution in [3.05, 3.63) is 22.7 Å². The van der Waals surface area contributed by atoms with E-state index in [1.807, 2.05) is 30.0 Å². The number of rotatable bonds is 4. The lowest BCUT2D eigenvalue weighted by Crippen LogP contribution is -2.43. The zero-order chi connectivity index (χ0) is 14.5. The Hall–Kier alpha value is -1.23. The van der Waals surface area contributed by atoms with Gasteiger partial charge in [0, 0.05) is 17.6 Å². The highest BCUT2D eigenvalue weighted by Crippen LogP contribution is 2.28. The number of nitrogens with zero attached hydrogens (tertiary/aromatic N) is 1. The number of piperidine rings is 1. The van der Waals surface area contributed by atoms with Gasteiger partial charge in [0.15, 0.2) is 0 Å². The van der Waals surface area contributed by atoms with Crippen LogP contribution in [0.25, 0.3) is 0 Å². The zero-order valence-corrected chi connectivity index (χ0v) is 13.6. The van der Waals surface area contributed by atoms with E-state index in [9.17, 15) is 4.79 Å². The van der Waals surface area contributed by atoms with Gasteiger partial charge < -0.3 is 15.0 Å². The molecule has 1 aromatic carbocycles. The van der Waals surface area contributed by atoms with Crippen molar-refractivity contribution in [3.8, 4) is 5.75 Å². The molecule has 4 nitrogen and oxygen atoms in total. The number of methoxy groups -OCH3 is 1. The van der Waals surface area contributed by atoms with Gasteiger partial charge in [-0.15, -0.1) is 0 Å². The highest BCUT2D eigenvalue weighted by molar-refractivity contribution is 9.10. The summed E-state index contributed by atoms with van der Waals surface area (Å²) in [6.07, 6.45) is 3.45. The van der Waals surface area contributed by atoms with Crippen LogP contribution in [0.3, 0.4) is 0 Å². The molecule has 110 valence electrons. The number of ether oxygens (including phenoxy) is 1. The molecule has 0 spiro atoms. The summed E-state index contributed by atoms with van der Waals surface area (Å²) in [6.45, 7) is 3.65. The minimum atomic E-state index is -0.253. The van der Waals surface area contributed by atoms with Crippen LogP contribution in [0.5, 0.6) is 5.75 Å². The molecule has 2 rings (SSSR count). The third-order valence-electron chi connectivity index (χ3n) is 3.57. The predicted molar refractivity (Wildman–Crippen MR) is 84.2 cm³/mol. The summed E-state index contributed by atoms with van der Waals surface area (Å²) in [5.74, 6) is 0.901. The summed E-state index contributed by atoms with van der Waals surface area (Å²) >= 11 is 3.44. The van der Waals surface area contributed by atoms with Crippen molar-refractivity contribution in [2.75, 3.05) is 25.5 Å². The molecule has 1 aromatic rings. The molecule has 0 aromatic heterocycles. The maximum Gasteiger partial charge on any atom is 0.244 e. The molecule has 0 bridgehead atoms. The first-order valence-corrected chi connectivity index (χ1v) is 7.80. The molecule has 1 fully saturated rings. The first-order chi connectivity index (χ1) is 9.61. The molecular weight excluding hydrogens is 320 g/mol. The van der Waals surface area contributed by atoms with Gasteiger partial charge in [-0.05, 0) is 44.4 Å². The van der Waals surface area contributed by atoms with E-state index in [-0.39, 0.29) is 11.9 Å². The topological polar surface area (TPSA) is 41.6 Å². The molecule has 5 heteroatoms. The van der Waals surface area contributed by atoms with Crippen molar-refractivity contribution in [2.24, 2.45) is 0 Å². The van der Waals surface area contributed by atoms with Crippen LogP contribution in [0.1, 0.15) is 26.2 Å². The van der Waals surface area contributed by atoms with Crippen LogP contribution in [0.2, 0.25) is 0 Å². The lowest BCUT2D eigenvalue weighted by Gasteiger charge is -2.30. The number of nitrogens with one attached hydrogen (secondary N) is 1. The number of hydrogen-bond acceptors (Lipinski definition) is 3. The Morgan fingerprint density at radius 3 is 2.70 bits per heavy atom. The van der Waals surface area contributed by atoms with Crippen molar-refractivity contribution < 1.29 is 9.53 Å². The van der Waals surface area contributed by atoms with Gasteiger partial charge in [-0.2, -0.15) is 0 Å². The van der Waals surface area contributed by atoms with Crippen LogP contribution in [0, 0.1) is 0 Å². The van der Waals surface area contributed by atoms with Crippen LogP contribution in [-0.4, -0.2) is 37.0 Å². The average Bonchev–Trinajstić information content (AvgIpc) is 2.47. The standard InChI is InChI=1S/C15H21BrN2O2/c1-11(15(19)18-8-4-3-5-9-18)17-13-10-12(16)6-7-14(13)20-2/h6-7,10-11,17H,3-5,8-9H2,1-2H3. The molecule has 1 amide bonds. The third kappa shape index (κ3) is 3.66. The summed E-state index contributed by atoms with van der Waals surface area (Å²) in [5.41, 5.74) is 0.833. The molecule has 1 atom stereocenters. The van der Waals surface area contributed by atoms with Gasteiger partial charge in [0.05, 0.1) is 12.8 Å². The molecule has 1 aliphatic heterocycles. The smallest absolute Gasteiger partial charge is 0.244 e. The molecule has 1 heterocycles. The highest BCUT2D eigenvalue weighted by atomic mass is 79.9. The second-order valence-electron chi connectivity index (χ2n) is 5.10. The number of benzene rings is 1. The normalized spacial score (nSPS) is 16.6. The zero-order valence-electron chi connectivity index (χ0n) is 12.0.